The number of rotatable bonds is 11. The van der Waals surface area contributed by atoms with Crippen LogP contribution in [0.25, 0.3) is 5.57 Å². The Balaban J connectivity index is 2.09. The molecule has 0 saturated carbocycles. The average Bonchev–Trinajstić information content (AvgIpc) is 3.20. The maximum atomic E-state index is 11.3. The molecular weight excluding hydrogens is 404 g/mol. The second-order valence-corrected chi connectivity index (χ2v) is 8.15. The SMILES string of the molecule is CCC(O)(CC)CCC=C(C)c1sccc1COc1ccc(C(=O)O)c(C(=O)O)c1. The summed E-state index contributed by atoms with van der Waals surface area (Å²) in [5.41, 5.74) is 0.868. The second-order valence-electron chi connectivity index (χ2n) is 7.24. The summed E-state index contributed by atoms with van der Waals surface area (Å²) in [5.74, 6) is -2.31. The Hall–Kier alpha value is -2.64. The van der Waals surface area contributed by atoms with Crippen LogP contribution in [0.5, 0.6) is 5.75 Å². The molecule has 0 unspecified atom stereocenters. The fraction of sp³-hybridized carbons (Fsp3) is 0.391. The quantitative estimate of drug-likeness (QED) is 0.436. The molecule has 0 fully saturated rings. The predicted molar refractivity (Wildman–Crippen MR) is 117 cm³/mol. The first-order valence-electron chi connectivity index (χ1n) is 9.90. The molecule has 0 radical (unpaired) electrons. The summed E-state index contributed by atoms with van der Waals surface area (Å²) in [5, 5.41) is 30.7. The molecule has 1 heterocycles. The average molecular weight is 433 g/mol. The van der Waals surface area contributed by atoms with Crippen molar-refractivity contribution < 1.29 is 29.6 Å². The first-order chi connectivity index (χ1) is 14.2. The Morgan fingerprint density at radius 3 is 2.37 bits per heavy atom. The van der Waals surface area contributed by atoms with Crippen LogP contribution >= 0.6 is 11.3 Å². The van der Waals surface area contributed by atoms with Crippen molar-refractivity contribution in [3.05, 3.63) is 57.3 Å². The molecule has 0 atom stereocenters. The molecule has 0 bridgehead atoms. The highest BCUT2D eigenvalue weighted by molar-refractivity contribution is 7.11. The van der Waals surface area contributed by atoms with Crippen LogP contribution in [0.15, 0.2) is 35.7 Å². The van der Waals surface area contributed by atoms with Crippen molar-refractivity contribution in [1.82, 2.24) is 0 Å². The number of thiophene rings is 1. The van der Waals surface area contributed by atoms with Gasteiger partial charge < -0.3 is 20.1 Å². The van der Waals surface area contributed by atoms with Gasteiger partial charge in [-0.25, -0.2) is 9.59 Å². The fourth-order valence-corrected chi connectivity index (χ4v) is 4.10. The van der Waals surface area contributed by atoms with E-state index in [0.29, 0.717) is 12.2 Å². The van der Waals surface area contributed by atoms with Gasteiger partial charge >= 0.3 is 11.9 Å². The molecule has 1 aromatic carbocycles. The minimum atomic E-state index is -1.31. The number of carboxylic acids is 2. The van der Waals surface area contributed by atoms with E-state index in [1.54, 1.807) is 11.3 Å². The van der Waals surface area contributed by atoms with Gasteiger partial charge in [-0.15, -0.1) is 11.3 Å². The zero-order valence-corrected chi connectivity index (χ0v) is 18.3. The zero-order valence-electron chi connectivity index (χ0n) is 17.5. The van der Waals surface area contributed by atoms with Gasteiger partial charge in [-0.1, -0.05) is 19.9 Å². The van der Waals surface area contributed by atoms with Gasteiger partial charge in [-0.2, -0.15) is 0 Å². The van der Waals surface area contributed by atoms with E-state index in [1.807, 2.05) is 32.2 Å². The van der Waals surface area contributed by atoms with Crippen LogP contribution in [0.3, 0.4) is 0 Å². The molecule has 162 valence electrons. The lowest BCUT2D eigenvalue weighted by Gasteiger charge is -2.24. The summed E-state index contributed by atoms with van der Waals surface area (Å²) in [4.78, 5) is 23.6. The molecule has 0 saturated heterocycles. The minimum absolute atomic E-state index is 0.239. The second kappa shape index (κ2) is 10.4. The topological polar surface area (TPSA) is 104 Å². The molecule has 0 amide bonds. The van der Waals surface area contributed by atoms with E-state index in [4.69, 9.17) is 9.84 Å². The third kappa shape index (κ3) is 5.93. The lowest BCUT2D eigenvalue weighted by molar-refractivity contribution is 0.0246. The van der Waals surface area contributed by atoms with Crippen molar-refractivity contribution in [3.63, 3.8) is 0 Å². The predicted octanol–water partition coefficient (Wildman–Crippen LogP) is 5.46. The molecule has 3 N–H and O–H groups in total. The molecule has 0 aliphatic rings. The van der Waals surface area contributed by atoms with Crippen molar-refractivity contribution >= 4 is 28.8 Å². The highest BCUT2D eigenvalue weighted by Crippen LogP contribution is 2.29. The highest BCUT2D eigenvalue weighted by Gasteiger charge is 2.21. The first kappa shape index (κ1) is 23.6. The van der Waals surface area contributed by atoms with Gasteiger partial charge in [-0.3, -0.25) is 0 Å². The molecule has 0 aliphatic heterocycles. The molecule has 0 spiro atoms. The molecule has 30 heavy (non-hydrogen) atoms. The van der Waals surface area contributed by atoms with Crippen LogP contribution in [0.4, 0.5) is 0 Å². The number of allylic oxidation sites excluding steroid dienone is 2. The summed E-state index contributed by atoms with van der Waals surface area (Å²) in [6.45, 7) is 6.25. The van der Waals surface area contributed by atoms with Gasteiger partial charge in [0.15, 0.2) is 0 Å². The van der Waals surface area contributed by atoms with Gasteiger partial charge in [0.25, 0.3) is 0 Å². The molecule has 2 aromatic rings. The molecular formula is C23H28O6S. The number of ether oxygens (including phenoxy) is 1. The van der Waals surface area contributed by atoms with Gasteiger partial charge in [0, 0.05) is 10.4 Å². The van der Waals surface area contributed by atoms with Crippen molar-refractivity contribution in [2.75, 3.05) is 0 Å². The Labute approximate surface area is 180 Å². The van der Waals surface area contributed by atoms with Gasteiger partial charge in [0.05, 0.1) is 16.7 Å². The van der Waals surface area contributed by atoms with Crippen LogP contribution in [0, 0.1) is 0 Å². The third-order valence-electron chi connectivity index (χ3n) is 5.33. The normalized spacial score (nSPS) is 12.1. The lowest BCUT2D eigenvalue weighted by atomic mass is 9.91. The number of aromatic carboxylic acids is 2. The summed E-state index contributed by atoms with van der Waals surface area (Å²) in [6, 6.07) is 5.89. The Bertz CT molecular complexity index is 924. The van der Waals surface area contributed by atoms with Crippen LogP contribution in [0.1, 0.15) is 77.6 Å². The summed E-state index contributed by atoms with van der Waals surface area (Å²) < 4.78 is 5.74. The van der Waals surface area contributed by atoms with Gasteiger partial charge in [-0.05, 0) is 67.8 Å². The van der Waals surface area contributed by atoms with Crippen LogP contribution < -0.4 is 4.74 Å². The number of benzene rings is 1. The number of hydrogen-bond acceptors (Lipinski definition) is 5. The maximum Gasteiger partial charge on any atom is 0.336 e. The highest BCUT2D eigenvalue weighted by atomic mass is 32.1. The number of carbonyl (C=O) groups is 2. The van der Waals surface area contributed by atoms with Crippen LogP contribution in [-0.4, -0.2) is 32.9 Å². The molecule has 0 aliphatic carbocycles. The molecule has 1 aromatic heterocycles. The first-order valence-corrected chi connectivity index (χ1v) is 10.8. The van der Waals surface area contributed by atoms with Gasteiger partial charge in [0.2, 0.25) is 0 Å². The van der Waals surface area contributed by atoms with E-state index >= 15 is 0 Å². The standard InChI is InChI=1S/C23H28O6S/c1-4-23(28,5-2)11-6-7-15(3)20-16(10-12-30-20)14-29-17-8-9-18(21(24)25)19(13-17)22(26)27/h7-10,12-13,28H,4-6,11,14H2,1-3H3,(H,24,25)(H,26,27). The Morgan fingerprint density at radius 1 is 1.10 bits per heavy atom. The molecule has 7 heteroatoms. The zero-order chi connectivity index (χ0) is 22.3. The Morgan fingerprint density at radius 2 is 1.77 bits per heavy atom. The molecule has 6 nitrogen and oxygen atoms in total. The van der Waals surface area contributed by atoms with E-state index in [1.165, 1.54) is 18.2 Å². The largest absolute Gasteiger partial charge is 0.489 e. The van der Waals surface area contributed by atoms with Crippen molar-refractivity contribution in [2.45, 2.75) is 58.7 Å². The van der Waals surface area contributed by atoms with Gasteiger partial charge in [0.1, 0.15) is 12.4 Å². The van der Waals surface area contributed by atoms with Crippen LogP contribution in [-0.2, 0) is 6.61 Å². The van der Waals surface area contributed by atoms with E-state index in [0.717, 1.165) is 35.3 Å². The Kier molecular flexibility index (Phi) is 8.20. The van der Waals surface area contributed by atoms with E-state index in [2.05, 4.69) is 6.08 Å². The van der Waals surface area contributed by atoms with Crippen molar-refractivity contribution in [3.8, 4) is 5.75 Å². The molecule has 2 rings (SSSR count). The van der Waals surface area contributed by atoms with E-state index in [9.17, 15) is 19.8 Å². The van der Waals surface area contributed by atoms with Crippen molar-refractivity contribution in [1.29, 1.82) is 0 Å². The summed E-state index contributed by atoms with van der Waals surface area (Å²) in [6.07, 6.45) is 5.07. The van der Waals surface area contributed by atoms with E-state index < -0.39 is 17.5 Å². The number of hydrogen-bond donors (Lipinski definition) is 3. The van der Waals surface area contributed by atoms with E-state index in [-0.39, 0.29) is 17.7 Å². The van der Waals surface area contributed by atoms with Crippen LogP contribution in [0.2, 0.25) is 0 Å². The van der Waals surface area contributed by atoms with Crippen molar-refractivity contribution in [2.24, 2.45) is 0 Å². The summed E-state index contributed by atoms with van der Waals surface area (Å²) >= 11 is 1.59. The smallest absolute Gasteiger partial charge is 0.336 e. The third-order valence-corrected chi connectivity index (χ3v) is 6.42. The monoisotopic (exact) mass is 432 g/mol. The fourth-order valence-electron chi connectivity index (χ4n) is 3.19. The lowest BCUT2D eigenvalue weighted by Crippen LogP contribution is -2.25. The number of aliphatic hydroxyl groups is 1. The maximum absolute atomic E-state index is 11.3. The number of carboxylic acid groups (broad SMARTS) is 2. The summed E-state index contributed by atoms with van der Waals surface area (Å²) in [7, 11) is 0. The minimum Gasteiger partial charge on any atom is -0.489 e.